The SMILES string of the molecule is c1ccc(-c2ccc(N(c3ccc(-c4cccc(-n5c(-c6ccccc6)nc6ccccc65)c4)cc3)c3ccc(-c4ccccc4)c(-c4ccccc4)c3)cc2)cc1. The predicted octanol–water partition coefficient (Wildman–Crippen LogP) is 14.8. The van der Waals surface area contributed by atoms with E-state index in [0.29, 0.717) is 0 Å². The smallest absolute Gasteiger partial charge is 0.145 e. The molecule has 0 atom stereocenters. The molecule has 0 spiro atoms. The van der Waals surface area contributed by atoms with Gasteiger partial charge >= 0.3 is 0 Å². The summed E-state index contributed by atoms with van der Waals surface area (Å²) in [6, 6.07) is 84.2. The number of hydrogen-bond acceptors (Lipinski definition) is 2. The molecule has 0 amide bonds. The molecule has 0 bridgehead atoms. The third-order valence-corrected chi connectivity index (χ3v) is 10.8. The van der Waals surface area contributed by atoms with Gasteiger partial charge in [0.05, 0.1) is 11.0 Å². The first-order valence-electron chi connectivity index (χ1n) is 19.7. The Morgan fingerprint density at radius 2 is 0.776 bits per heavy atom. The van der Waals surface area contributed by atoms with E-state index in [1.54, 1.807) is 0 Å². The summed E-state index contributed by atoms with van der Waals surface area (Å²) in [6.45, 7) is 0. The van der Waals surface area contributed by atoms with E-state index in [9.17, 15) is 0 Å². The minimum atomic E-state index is 0.927. The Bertz CT molecular complexity index is 2950. The van der Waals surface area contributed by atoms with E-state index in [1.165, 1.54) is 33.4 Å². The van der Waals surface area contributed by atoms with Crippen LogP contribution < -0.4 is 4.90 Å². The molecule has 274 valence electrons. The molecule has 10 rings (SSSR count). The number of rotatable bonds is 9. The van der Waals surface area contributed by atoms with Crippen LogP contribution in [0.5, 0.6) is 0 Å². The molecule has 58 heavy (non-hydrogen) atoms. The lowest BCUT2D eigenvalue weighted by atomic mass is 9.93. The average molecular weight is 742 g/mol. The number of hydrogen-bond donors (Lipinski definition) is 0. The molecule has 3 heteroatoms. The third-order valence-electron chi connectivity index (χ3n) is 10.8. The number of nitrogens with zero attached hydrogens (tertiary/aromatic N) is 3. The third kappa shape index (κ3) is 6.76. The highest BCUT2D eigenvalue weighted by atomic mass is 15.1. The summed E-state index contributed by atoms with van der Waals surface area (Å²) in [4.78, 5) is 7.44. The zero-order chi connectivity index (χ0) is 38.7. The van der Waals surface area contributed by atoms with Crippen molar-refractivity contribution in [2.24, 2.45) is 0 Å². The van der Waals surface area contributed by atoms with Crippen LogP contribution in [0.1, 0.15) is 0 Å². The second-order valence-electron chi connectivity index (χ2n) is 14.4. The van der Waals surface area contributed by atoms with Crippen LogP contribution in [0.25, 0.3) is 72.6 Å². The molecule has 0 N–H and O–H groups in total. The quantitative estimate of drug-likeness (QED) is 0.147. The first-order valence-corrected chi connectivity index (χ1v) is 19.7. The molecular weight excluding hydrogens is 703 g/mol. The number of aromatic nitrogens is 2. The van der Waals surface area contributed by atoms with Crippen LogP contribution in [-0.4, -0.2) is 9.55 Å². The van der Waals surface area contributed by atoms with E-state index in [2.05, 4.69) is 234 Å². The first-order chi connectivity index (χ1) is 28.8. The largest absolute Gasteiger partial charge is 0.310 e. The van der Waals surface area contributed by atoms with Gasteiger partial charge in [-0.05, 0) is 105 Å². The van der Waals surface area contributed by atoms with Crippen LogP contribution in [-0.2, 0) is 0 Å². The second kappa shape index (κ2) is 15.4. The summed E-state index contributed by atoms with van der Waals surface area (Å²) in [7, 11) is 0. The fourth-order valence-electron chi connectivity index (χ4n) is 7.97. The predicted molar refractivity (Wildman–Crippen MR) is 243 cm³/mol. The van der Waals surface area contributed by atoms with E-state index in [1.807, 2.05) is 12.1 Å². The molecule has 0 aliphatic carbocycles. The molecule has 9 aromatic carbocycles. The summed E-state index contributed by atoms with van der Waals surface area (Å²) in [5, 5.41) is 0. The first kappa shape index (κ1) is 34.7. The summed E-state index contributed by atoms with van der Waals surface area (Å²) < 4.78 is 2.27. The molecule has 0 aliphatic rings. The van der Waals surface area contributed by atoms with Gasteiger partial charge in [0.25, 0.3) is 0 Å². The van der Waals surface area contributed by atoms with Gasteiger partial charge in [0.1, 0.15) is 5.82 Å². The fraction of sp³-hybridized carbons (Fsp3) is 0. The van der Waals surface area contributed by atoms with Crippen molar-refractivity contribution in [1.82, 2.24) is 9.55 Å². The molecule has 0 radical (unpaired) electrons. The average Bonchev–Trinajstić information content (AvgIpc) is 3.71. The van der Waals surface area contributed by atoms with E-state index >= 15 is 0 Å². The highest BCUT2D eigenvalue weighted by Crippen LogP contribution is 2.42. The van der Waals surface area contributed by atoms with Crippen molar-refractivity contribution in [3.05, 3.63) is 237 Å². The summed E-state index contributed by atoms with van der Waals surface area (Å²) in [5.41, 5.74) is 16.9. The van der Waals surface area contributed by atoms with Gasteiger partial charge < -0.3 is 4.90 Å². The summed E-state index contributed by atoms with van der Waals surface area (Å²) in [5.74, 6) is 0.927. The van der Waals surface area contributed by atoms with Crippen molar-refractivity contribution in [2.75, 3.05) is 4.90 Å². The standard InChI is InChI=1S/C55H39N3/c1-5-16-40(17-6-1)41-28-32-47(33-29-41)57(50-36-37-51(43-18-7-2-8-19-43)52(39-50)44-20-9-3-10-21-44)48-34-30-42(31-35-48)46-24-15-25-49(38-46)58-54-27-14-13-26-53(54)56-55(58)45-22-11-4-12-23-45/h1-39H. The lowest BCUT2D eigenvalue weighted by Crippen LogP contribution is -2.10. The number of fused-ring (bicyclic) bond motifs is 1. The Kier molecular flexibility index (Phi) is 9.23. The van der Waals surface area contributed by atoms with Gasteiger partial charge in [-0.2, -0.15) is 0 Å². The van der Waals surface area contributed by atoms with Crippen molar-refractivity contribution in [2.45, 2.75) is 0 Å². The number of imidazole rings is 1. The lowest BCUT2D eigenvalue weighted by molar-refractivity contribution is 1.10. The number of para-hydroxylation sites is 2. The Balaban J connectivity index is 1.07. The van der Waals surface area contributed by atoms with Crippen LogP contribution >= 0.6 is 0 Å². The lowest BCUT2D eigenvalue weighted by Gasteiger charge is -2.27. The van der Waals surface area contributed by atoms with Crippen LogP contribution in [0.3, 0.4) is 0 Å². The van der Waals surface area contributed by atoms with Gasteiger partial charge in [0.15, 0.2) is 0 Å². The zero-order valence-electron chi connectivity index (χ0n) is 31.9. The zero-order valence-corrected chi connectivity index (χ0v) is 31.9. The molecule has 0 saturated carbocycles. The van der Waals surface area contributed by atoms with Crippen LogP contribution in [0.4, 0.5) is 17.1 Å². The van der Waals surface area contributed by atoms with Crippen molar-refractivity contribution < 1.29 is 0 Å². The Morgan fingerprint density at radius 1 is 0.310 bits per heavy atom. The highest BCUT2D eigenvalue weighted by Gasteiger charge is 2.18. The second-order valence-corrected chi connectivity index (χ2v) is 14.4. The van der Waals surface area contributed by atoms with Crippen molar-refractivity contribution in [3.63, 3.8) is 0 Å². The maximum Gasteiger partial charge on any atom is 0.145 e. The molecular formula is C55H39N3. The molecule has 1 heterocycles. The molecule has 0 aliphatic heterocycles. The van der Waals surface area contributed by atoms with Gasteiger partial charge in [0, 0.05) is 28.3 Å². The maximum absolute atomic E-state index is 5.08. The van der Waals surface area contributed by atoms with Crippen molar-refractivity contribution in [3.8, 4) is 61.6 Å². The molecule has 0 unspecified atom stereocenters. The van der Waals surface area contributed by atoms with Gasteiger partial charge in [-0.1, -0.05) is 176 Å². The molecule has 1 aromatic heterocycles. The van der Waals surface area contributed by atoms with E-state index in [0.717, 1.165) is 56.3 Å². The summed E-state index contributed by atoms with van der Waals surface area (Å²) >= 11 is 0. The van der Waals surface area contributed by atoms with E-state index in [-0.39, 0.29) is 0 Å². The van der Waals surface area contributed by atoms with Crippen LogP contribution in [0.2, 0.25) is 0 Å². The van der Waals surface area contributed by atoms with Crippen LogP contribution in [0, 0.1) is 0 Å². The number of benzene rings is 9. The topological polar surface area (TPSA) is 21.1 Å². The van der Waals surface area contributed by atoms with Crippen molar-refractivity contribution in [1.29, 1.82) is 0 Å². The fourth-order valence-corrected chi connectivity index (χ4v) is 7.97. The molecule has 10 aromatic rings. The Labute approximate surface area is 339 Å². The Morgan fingerprint density at radius 3 is 1.40 bits per heavy atom. The number of anilines is 3. The van der Waals surface area contributed by atoms with Gasteiger partial charge in [-0.3, -0.25) is 4.57 Å². The monoisotopic (exact) mass is 741 g/mol. The van der Waals surface area contributed by atoms with E-state index < -0.39 is 0 Å². The minimum absolute atomic E-state index is 0.927. The van der Waals surface area contributed by atoms with Gasteiger partial charge in [-0.15, -0.1) is 0 Å². The van der Waals surface area contributed by atoms with Crippen molar-refractivity contribution >= 4 is 28.1 Å². The molecule has 0 saturated heterocycles. The normalized spacial score (nSPS) is 11.1. The molecule has 3 nitrogen and oxygen atoms in total. The van der Waals surface area contributed by atoms with Crippen LogP contribution in [0.15, 0.2) is 237 Å². The van der Waals surface area contributed by atoms with Gasteiger partial charge in [-0.25, -0.2) is 4.98 Å². The van der Waals surface area contributed by atoms with E-state index in [4.69, 9.17) is 4.98 Å². The maximum atomic E-state index is 5.08. The van der Waals surface area contributed by atoms with Gasteiger partial charge in [0.2, 0.25) is 0 Å². The summed E-state index contributed by atoms with van der Waals surface area (Å²) in [6.07, 6.45) is 0. The molecule has 0 fully saturated rings. The highest BCUT2D eigenvalue weighted by molar-refractivity contribution is 5.90. The Hall–Kier alpha value is -7.75. The minimum Gasteiger partial charge on any atom is -0.310 e.